The number of hydrogen-bond donors (Lipinski definition) is 1. The monoisotopic (exact) mass is 245 g/mol. The first-order chi connectivity index (χ1) is 8.61. The van der Waals surface area contributed by atoms with Gasteiger partial charge in [0.25, 0.3) is 0 Å². The van der Waals surface area contributed by atoms with Crippen LogP contribution in [-0.4, -0.2) is 26.3 Å². The molecule has 3 rings (SSSR count). The van der Waals surface area contributed by atoms with Crippen LogP contribution in [0.4, 0.5) is 0 Å². The number of hydrogen-bond acceptors (Lipinski definition) is 5. The SMILES string of the molecule is Cc1cc(-c2noc(C3CC(O)C3)n2)cc(C)n1. The average Bonchev–Trinajstić information content (AvgIpc) is 2.72. The molecule has 1 aliphatic rings. The van der Waals surface area contributed by atoms with Crippen molar-refractivity contribution in [3.05, 3.63) is 29.4 Å². The molecule has 1 saturated carbocycles. The molecule has 0 radical (unpaired) electrons. The Morgan fingerprint density at radius 2 is 1.83 bits per heavy atom. The van der Waals surface area contributed by atoms with E-state index in [4.69, 9.17) is 4.52 Å². The van der Waals surface area contributed by atoms with E-state index in [0.717, 1.165) is 29.8 Å². The molecule has 1 fully saturated rings. The highest BCUT2D eigenvalue weighted by molar-refractivity contribution is 5.55. The lowest BCUT2D eigenvalue weighted by Crippen LogP contribution is -2.26. The summed E-state index contributed by atoms with van der Waals surface area (Å²) in [5.41, 5.74) is 2.81. The van der Waals surface area contributed by atoms with Crippen LogP contribution in [0.25, 0.3) is 11.4 Å². The first kappa shape index (κ1) is 11.3. The lowest BCUT2D eigenvalue weighted by molar-refractivity contribution is 0.0625. The van der Waals surface area contributed by atoms with E-state index in [1.165, 1.54) is 0 Å². The van der Waals surface area contributed by atoms with E-state index in [0.29, 0.717) is 11.7 Å². The smallest absolute Gasteiger partial charge is 0.230 e. The summed E-state index contributed by atoms with van der Waals surface area (Å²) >= 11 is 0. The van der Waals surface area contributed by atoms with Gasteiger partial charge in [-0.2, -0.15) is 4.98 Å². The standard InChI is InChI=1S/C13H15N3O2/c1-7-3-9(4-8(2)14-7)12-15-13(18-16-12)10-5-11(17)6-10/h3-4,10-11,17H,5-6H2,1-2H3. The van der Waals surface area contributed by atoms with Crippen LogP contribution in [0.3, 0.4) is 0 Å². The van der Waals surface area contributed by atoms with Gasteiger partial charge in [0.2, 0.25) is 11.7 Å². The maximum atomic E-state index is 9.28. The number of nitrogens with zero attached hydrogens (tertiary/aromatic N) is 3. The highest BCUT2D eigenvalue weighted by Crippen LogP contribution is 2.36. The molecule has 1 N–H and O–H groups in total. The lowest BCUT2D eigenvalue weighted by Gasteiger charge is -2.27. The summed E-state index contributed by atoms with van der Waals surface area (Å²) in [6.07, 6.45) is 1.22. The van der Waals surface area contributed by atoms with Gasteiger partial charge >= 0.3 is 0 Å². The van der Waals surface area contributed by atoms with Crippen LogP contribution >= 0.6 is 0 Å². The van der Waals surface area contributed by atoms with Gasteiger partial charge < -0.3 is 9.63 Å². The minimum absolute atomic E-state index is 0.212. The third kappa shape index (κ3) is 2.01. The van der Waals surface area contributed by atoms with Gasteiger partial charge in [-0.25, -0.2) is 0 Å². The third-order valence-corrected chi connectivity index (χ3v) is 3.24. The van der Waals surface area contributed by atoms with Crippen LogP contribution in [0.1, 0.15) is 36.0 Å². The second-order valence-electron chi connectivity index (χ2n) is 4.92. The van der Waals surface area contributed by atoms with Crippen molar-refractivity contribution in [3.63, 3.8) is 0 Å². The van der Waals surface area contributed by atoms with Crippen molar-refractivity contribution in [2.45, 2.75) is 38.7 Å². The molecule has 18 heavy (non-hydrogen) atoms. The highest BCUT2D eigenvalue weighted by atomic mass is 16.5. The van der Waals surface area contributed by atoms with E-state index >= 15 is 0 Å². The Labute approximate surface area is 105 Å². The summed E-state index contributed by atoms with van der Waals surface area (Å²) in [5, 5.41) is 13.3. The van der Waals surface area contributed by atoms with Crippen molar-refractivity contribution in [2.75, 3.05) is 0 Å². The normalized spacial score (nSPS) is 22.8. The summed E-state index contributed by atoms with van der Waals surface area (Å²) in [6.45, 7) is 3.89. The van der Waals surface area contributed by atoms with Gasteiger partial charge in [-0.3, -0.25) is 4.98 Å². The molecule has 0 aliphatic heterocycles. The molecule has 0 unspecified atom stereocenters. The summed E-state index contributed by atoms with van der Waals surface area (Å²) < 4.78 is 5.26. The molecule has 0 bridgehead atoms. The van der Waals surface area contributed by atoms with Crippen molar-refractivity contribution >= 4 is 0 Å². The molecule has 0 amide bonds. The van der Waals surface area contributed by atoms with Crippen LogP contribution in [0.5, 0.6) is 0 Å². The van der Waals surface area contributed by atoms with Gasteiger partial charge in [0.1, 0.15) is 0 Å². The molecule has 2 heterocycles. The van der Waals surface area contributed by atoms with Gasteiger partial charge in [-0.1, -0.05) is 5.16 Å². The van der Waals surface area contributed by atoms with Crippen LogP contribution in [0.15, 0.2) is 16.7 Å². The molecule has 94 valence electrons. The zero-order chi connectivity index (χ0) is 12.7. The van der Waals surface area contributed by atoms with Crippen LogP contribution in [0.2, 0.25) is 0 Å². The van der Waals surface area contributed by atoms with Gasteiger partial charge in [0, 0.05) is 22.9 Å². The van der Waals surface area contributed by atoms with Crippen molar-refractivity contribution in [2.24, 2.45) is 0 Å². The molecule has 2 aromatic rings. The van der Waals surface area contributed by atoms with Crippen molar-refractivity contribution < 1.29 is 9.63 Å². The van der Waals surface area contributed by atoms with E-state index in [1.54, 1.807) is 0 Å². The number of aryl methyl sites for hydroxylation is 2. The molecule has 0 spiro atoms. The fraction of sp³-hybridized carbons (Fsp3) is 0.462. The maximum absolute atomic E-state index is 9.28. The minimum Gasteiger partial charge on any atom is -0.393 e. The Balaban J connectivity index is 1.88. The molecule has 2 aromatic heterocycles. The Morgan fingerprint density at radius 3 is 2.44 bits per heavy atom. The quantitative estimate of drug-likeness (QED) is 0.876. The number of rotatable bonds is 2. The zero-order valence-corrected chi connectivity index (χ0v) is 10.4. The Morgan fingerprint density at radius 1 is 1.17 bits per heavy atom. The van der Waals surface area contributed by atoms with E-state index in [-0.39, 0.29) is 12.0 Å². The second kappa shape index (κ2) is 4.17. The molecule has 0 aromatic carbocycles. The van der Waals surface area contributed by atoms with Crippen molar-refractivity contribution in [1.82, 2.24) is 15.1 Å². The molecular weight excluding hydrogens is 230 g/mol. The molecule has 5 heteroatoms. The van der Waals surface area contributed by atoms with Gasteiger partial charge in [0.15, 0.2) is 0 Å². The van der Waals surface area contributed by atoms with Crippen LogP contribution < -0.4 is 0 Å². The van der Waals surface area contributed by atoms with Crippen LogP contribution in [0, 0.1) is 13.8 Å². The molecule has 0 saturated heterocycles. The fourth-order valence-corrected chi connectivity index (χ4v) is 2.27. The maximum Gasteiger partial charge on any atom is 0.230 e. The highest BCUT2D eigenvalue weighted by Gasteiger charge is 2.33. The number of aromatic nitrogens is 3. The molecule has 0 atom stereocenters. The van der Waals surface area contributed by atoms with E-state index in [9.17, 15) is 5.11 Å². The summed E-state index contributed by atoms with van der Waals surface area (Å²) in [7, 11) is 0. The van der Waals surface area contributed by atoms with Crippen molar-refractivity contribution in [3.8, 4) is 11.4 Å². The third-order valence-electron chi connectivity index (χ3n) is 3.24. The van der Waals surface area contributed by atoms with Gasteiger partial charge in [-0.05, 0) is 38.8 Å². The first-order valence-corrected chi connectivity index (χ1v) is 6.09. The molecular formula is C13H15N3O2. The van der Waals surface area contributed by atoms with Gasteiger partial charge in [-0.15, -0.1) is 0 Å². The molecule has 1 aliphatic carbocycles. The number of pyridine rings is 1. The topological polar surface area (TPSA) is 72.0 Å². The first-order valence-electron chi connectivity index (χ1n) is 6.09. The predicted molar refractivity (Wildman–Crippen MR) is 65.0 cm³/mol. The number of aliphatic hydroxyl groups is 1. The largest absolute Gasteiger partial charge is 0.393 e. The average molecular weight is 245 g/mol. The van der Waals surface area contributed by atoms with Crippen molar-refractivity contribution in [1.29, 1.82) is 0 Å². The van der Waals surface area contributed by atoms with Gasteiger partial charge in [0.05, 0.1) is 6.10 Å². The summed E-state index contributed by atoms with van der Waals surface area (Å²) in [6, 6.07) is 3.88. The second-order valence-corrected chi connectivity index (χ2v) is 4.92. The summed E-state index contributed by atoms with van der Waals surface area (Å²) in [4.78, 5) is 8.72. The minimum atomic E-state index is -0.212. The van der Waals surface area contributed by atoms with Crippen LogP contribution in [-0.2, 0) is 0 Å². The molecule has 5 nitrogen and oxygen atoms in total. The summed E-state index contributed by atoms with van der Waals surface area (Å²) in [5.74, 6) is 1.44. The zero-order valence-electron chi connectivity index (χ0n) is 10.4. The van der Waals surface area contributed by atoms with E-state index in [1.807, 2.05) is 26.0 Å². The van der Waals surface area contributed by atoms with E-state index in [2.05, 4.69) is 15.1 Å². The Bertz CT molecular complexity index is 553. The number of aliphatic hydroxyl groups excluding tert-OH is 1. The Kier molecular flexibility index (Phi) is 2.63. The lowest BCUT2D eigenvalue weighted by atomic mass is 9.82. The predicted octanol–water partition coefficient (Wildman–Crippen LogP) is 1.99. The fourth-order valence-electron chi connectivity index (χ4n) is 2.27. The Hall–Kier alpha value is -1.75. The van der Waals surface area contributed by atoms with E-state index < -0.39 is 0 Å².